The van der Waals surface area contributed by atoms with E-state index in [4.69, 9.17) is 16.6 Å². The number of nitrogens with zero attached hydrogens (tertiary/aromatic N) is 6. The highest BCUT2D eigenvalue weighted by Crippen LogP contribution is 2.33. The summed E-state index contributed by atoms with van der Waals surface area (Å²) in [6.45, 7) is 3.74. The lowest BCUT2D eigenvalue weighted by molar-refractivity contribution is 0.413. The third kappa shape index (κ3) is 4.47. The summed E-state index contributed by atoms with van der Waals surface area (Å²) in [4.78, 5) is 16.3. The van der Waals surface area contributed by atoms with E-state index in [1.54, 1.807) is 23.5 Å². The van der Waals surface area contributed by atoms with Crippen LogP contribution in [0.25, 0.3) is 21.8 Å². The zero-order valence-corrected chi connectivity index (χ0v) is 18.1. The number of hydrogen-bond donors (Lipinski definition) is 0. The van der Waals surface area contributed by atoms with Crippen molar-refractivity contribution in [3.05, 3.63) is 47.1 Å². The summed E-state index contributed by atoms with van der Waals surface area (Å²) in [5.41, 5.74) is 2.87. The van der Waals surface area contributed by atoms with E-state index in [0.29, 0.717) is 5.02 Å². The van der Waals surface area contributed by atoms with Crippen LogP contribution >= 0.6 is 35.1 Å². The van der Waals surface area contributed by atoms with Gasteiger partial charge in [0, 0.05) is 66.7 Å². The predicted molar refractivity (Wildman–Crippen MR) is 119 cm³/mol. The van der Waals surface area contributed by atoms with Gasteiger partial charge in [-0.15, -0.1) is 11.3 Å². The van der Waals surface area contributed by atoms with E-state index in [1.165, 1.54) is 0 Å². The van der Waals surface area contributed by atoms with E-state index < -0.39 is 0 Å². The first-order valence-electron chi connectivity index (χ1n) is 8.98. The Labute approximate surface area is 178 Å². The van der Waals surface area contributed by atoms with E-state index in [2.05, 4.69) is 37.6 Å². The van der Waals surface area contributed by atoms with Crippen LogP contribution in [0.1, 0.15) is 0 Å². The van der Waals surface area contributed by atoms with Crippen LogP contribution in [0, 0.1) is 0 Å². The standard InChI is InChI=1S/C19H21ClN6S2/c1-24(2)28-26-10-8-25(9-11-26)19-22-13-16(14-3-5-15(20)6-4-14)17(23-19)18-21-7-12-27-18/h3-7,12-13H,8-11H2,1-2H3. The molecule has 0 atom stereocenters. The molecule has 4 rings (SSSR count). The molecule has 2 aromatic heterocycles. The topological polar surface area (TPSA) is 48.4 Å². The van der Waals surface area contributed by atoms with Gasteiger partial charge >= 0.3 is 0 Å². The summed E-state index contributed by atoms with van der Waals surface area (Å²) in [5.74, 6) is 0.761. The lowest BCUT2D eigenvalue weighted by Crippen LogP contribution is -2.45. The van der Waals surface area contributed by atoms with Gasteiger partial charge in [-0.25, -0.2) is 23.6 Å². The van der Waals surface area contributed by atoms with Crippen molar-refractivity contribution >= 4 is 41.0 Å². The van der Waals surface area contributed by atoms with Gasteiger partial charge in [0.25, 0.3) is 0 Å². The molecule has 0 N–H and O–H groups in total. The molecule has 1 aromatic carbocycles. The van der Waals surface area contributed by atoms with E-state index in [-0.39, 0.29) is 0 Å². The highest BCUT2D eigenvalue weighted by molar-refractivity contribution is 7.94. The molecule has 9 heteroatoms. The number of hydrogen-bond acceptors (Lipinski definition) is 8. The number of halogens is 1. The molecule has 0 bridgehead atoms. The second kappa shape index (κ2) is 8.75. The Morgan fingerprint density at radius 3 is 2.46 bits per heavy atom. The van der Waals surface area contributed by atoms with Crippen LogP contribution in [0.3, 0.4) is 0 Å². The average Bonchev–Trinajstić information content (AvgIpc) is 3.23. The Kier molecular flexibility index (Phi) is 6.13. The number of piperazine rings is 1. The van der Waals surface area contributed by atoms with E-state index >= 15 is 0 Å². The van der Waals surface area contributed by atoms with E-state index in [1.807, 2.05) is 42.0 Å². The maximum Gasteiger partial charge on any atom is 0.226 e. The number of aromatic nitrogens is 3. The Morgan fingerprint density at radius 1 is 1.07 bits per heavy atom. The summed E-state index contributed by atoms with van der Waals surface area (Å²) < 4.78 is 4.48. The van der Waals surface area contributed by atoms with Crippen molar-refractivity contribution in [2.45, 2.75) is 0 Å². The SMILES string of the molecule is CN(C)SN1CCN(c2ncc(-c3ccc(Cl)cc3)c(-c3nccs3)n2)CC1. The number of anilines is 1. The maximum atomic E-state index is 6.05. The van der Waals surface area contributed by atoms with Crippen molar-refractivity contribution in [2.24, 2.45) is 0 Å². The summed E-state index contributed by atoms with van der Waals surface area (Å²) in [6, 6.07) is 7.76. The van der Waals surface area contributed by atoms with E-state index in [9.17, 15) is 0 Å². The second-order valence-corrected chi connectivity index (χ2v) is 9.33. The Bertz CT molecular complexity index is 909. The van der Waals surface area contributed by atoms with Crippen molar-refractivity contribution in [1.29, 1.82) is 0 Å². The molecule has 0 unspecified atom stereocenters. The molecule has 0 spiro atoms. The monoisotopic (exact) mass is 432 g/mol. The molecule has 146 valence electrons. The smallest absolute Gasteiger partial charge is 0.226 e. The fourth-order valence-electron chi connectivity index (χ4n) is 3.07. The third-order valence-corrected chi connectivity index (χ3v) is 6.32. The Hall–Kier alpha value is -1.71. The van der Waals surface area contributed by atoms with Crippen molar-refractivity contribution in [3.8, 4) is 21.8 Å². The summed E-state index contributed by atoms with van der Waals surface area (Å²) in [7, 11) is 4.13. The molecule has 6 nitrogen and oxygen atoms in total. The molecule has 28 heavy (non-hydrogen) atoms. The number of thiazole rings is 1. The molecule has 3 aromatic rings. The maximum absolute atomic E-state index is 6.05. The average molecular weight is 433 g/mol. The van der Waals surface area contributed by atoms with Gasteiger partial charge in [-0.1, -0.05) is 23.7 Å². The molecule has 0 saturated carbocycles. The minimum Gasteiger partial charge on any atom is -0.338 e. The first-order valence-corrected chi connectivity index (χ1v) is 11.0. The summed E-state index contributed by atoms with van der Waals surface area (Å²) in [6.07, 6.45) is 3.72. The fourth-order valence-corrected chi connectivity index (χ4v) is 4.62. The predicted octanol–water partition coefficient (Wildman–Crippen LogP) is 4.17. The second-order valence-electron chi connectivity index (χ2n) is 6.59. The van der Waals surface area contributed by atoms with Crippen molar-refractivity contribution in [1.82, 2.24) is 23.6 Å². The number of benzene rings is 1. The van der Waals surface area contributed by atoms with Crippen LogP contribution in [0.4, 0.5) is 5.95 Å². The Balaban J connectivity index is 1.62. The summed E-state index contributed by atoms with van der Waals surface area (Å²) >= 11 is 9.39. The zero-order valence-electron chi connectivity index (χ0n) is 15.7. The van der Waals surface area contributed by atoms with Crippen LogP contribution in [0.15, 0.2) is 42.0 Å². The quantitative estimate of drug-likeness (QED) is 0.561. The van der Waals surface area contributed by atoms with E-state index in [0.717, 1.165) is 54.0 Å². The molecule has 0 aliphatic carbocycles. The highest BCUT2D eigenvalue weighted by Gasteiger charge is 2.22. The van der Waals surface area contributed by atoms with Gasteiger partial charge in [0.05, 0.1) is 0 Å². The van der Waals surface area contributed by atoms with Crippen molar-refractivity contribution in [3.63, 3.8) is 0 Å². The van der Waals surface area contributed by atoms with Gasteiger partial charge in [-0.05, 0) is 31.8 Å². The number of rotatable bonds is 5. The van der Waals surface area contributed by atoms with Crippen LogP contribution in [0.2, 0.25) is 5.02 Å². The molecular weight excluding hydrogens is 412 g/mol. The first kappa shape index (κ1) is 19.6. The largest absolute Gasteiger partial charge is 0.338 e. The van der Waals surface area contributed by atoms with Crippen LogP contribution < -0.4 is 4.90 Å². The molecule has 0 radical (unpaired) electrons. The molecule has 1 aliphatic heterocycles. The Morgan fingerprint density at radius 2 is 1.82 bits per heavy atom. The van der Waals surface area contributed by atoms with Crippen LogP contribution in [-0.4, -0.2) is 63.8 Å². The normalized spacial score (nSPS) is 15.4. The highest BCUT2D eigenvalue weighted by atomic mass is 35.5. The molecule has 3 heterocycles. The zero-order chi connectivity index (χ0) is 19.5. The van der Waals surface area contributed by atoms with Gasteiger partial charge in [-0.3, -0.25) is 0 Å². The first-order chi connectivity index (χ1) is 13.6. The molecule has 1 fully saturated rings. The van der Waals surface area contributed by atoms with Gasteiger partial charge in [0.2, 0.25) is 5.95 Å². The minimum atomic E-state index is 0.713. The van der Waals surface area contributed by atoms with Crippen molar-refractivity contribution in [2.75, 3.05) is 45.2 Å². The fraction of sp³-hybridized carbons (Fsp3) is 0.316. The van der Waals surface area contributed by atoms with Crippen LogP contribution in [0.5, 0.6) is 0 Å². The molecule has 1 saturated heterocycles. The summed E-state index contributed by atoms with van der Waals surface area (Å²) in [5, 5.41) is 3.58. The molecular formula is C19H21ClN6S2. The van der Waals surface area contributed by atoms with Gasteiger partial charge in [0.15, 0.2) is 0 Å². The lowest BCUT2D eigenvalue weighted by Gasteiger charge is -2.34. The lowest BCUT2D eigenvalue weighted by atomic mass is 10.1. The molecule has 0 amide bonds. The van der Waals surface area contributed by atoms with Crippen molar-refractivity contribution < 1.29 is 0 Å². The van der Waals surface area contributed by atoms with Gasteiger partial charge in [0.1, 0.15) is 10.7 Å². The molecule has 1 aliphatic rings. The minimum absolute atomic E-state index is 0.713. The van der Waals surface area contributed by atoms with Gasteiger partial charge in [-0.2, -0.15) is 0 Å². The third-order valence-electron chi connectivity index (χ3n) is 4.37. The van der Waals surface area contributed by atoms with Gasteiger partial charge < -0.3 is 4.90 Å². The van der Waals surface area contributed by atoms with Crippen LogP contribution in [-0.2, 0) is 0 Å².